The molecule has 1 aliphatic rings. The number of hydrogen-bond acceptors (Lipinski definition) is 7. The van der Waals surface area contributed by atoms with Gasteiger partial charge in [0, 0.05) is 36.6 Å². The van der Waals surface area contributed by atoms with Crippen LogP contribution in [0.1, 0.15) is 20.3 Å². The van der Waals surface area contributed by atoms with E-state index in [0.29, 0.717) is 23.2 Å². The zero-order valence-corrected chi connectivity index (χ0v) is 17.0. The van der Waals surface area contributed by atoms with Gasteiger partial charge in [-0.25, -0.2) is 14.5 Å². The van der Waals surface area contributed by atoms with Gasteiger partial charge >= 0.3 is 0 Å². The summed E-state index contributed by atoms with van der Waals surface area (Å²) in [4.78, 5) is 10.9. The van der Waals surface area contributed by atoms with Crippen LogP contribution in [0, 0.1) is 11.8 Å². The molecule has 0 bridgehead atoms. The Morgan fingerprint density at radius 2 is 1.80 bits per heavy atom. The third kappa shape index (κ3) is 3.45. The highest BCUT2D eigenvalue weighted by Gasteiger charge is 2.23. The van der Waals surface area contributed by atoms with Gasteiger partial charge in [-0.15, -0.1) is 10.2 Å². The molecule has 5 heterocycles. The van der Waals surface area contributed by atoms with Crippen LogP contribution in [-0.2, 0) is 0 Å². The van der Waals surface area contributed by atoms with Crippen LogP contribution < -0.4 is 4.90 Å². The average Bonchev–Trinajstić information content (AvgIpc) is 3.21. The molecule has 0 radical (unpaired) electrons. The average molecular weight is 401 g/mol. The molecule has 0 spiro atoms. The fourth-order valence-electron chi connectivity index (χ4n) is 4.27. The highest BCUT2D eigenvalue weighted by atomic mass is 16.3. The van der Waals surface area contributed by atoms with Crippen molar-refractivity contribution in [2.75, 3.05) is 18.0 Å². The molecule has 1 saturated heterocycles. The number of pyridine rings is 2. The number of nitrogens with zero attached hydrogens (tertiary/aromatic N) is 7. The molecule has 4 aromatic heterocycles. The van der Waals surface area contributed by atoms with E-state index in [1.807, 2.05) is 30.5 Å². The van der Waals surface area contributed by atoms with E-state index in [4.69, 9.17) is 0 Å². The molecular formula is C22H23N7O. The Morgan fingerprint density at radius 1 is 0.967 bits per heavy atom. The van der Waals surface area contributed by atoms with Crippen LogP contribution in [0.25, 0.3) is 28.2 Å². The Balaban J connectivity index is 1.40. The first kappa shape index (κ1) is 18.5. The Bertz CT molecular complexity index is 1180. The fourth-order valence-corrected chi connectivity index (χ4v) is 4.27. The Hall–Kier alpha value is -3.55. The standard InChI is InChI=1S/C22H23N7O/c1-14-7-15(2)11-28(10-14)21-6-4-18(26-27-21)22-19(30)8-17(9-23-22)16-3-5-20-24-13-25-29(20)12-16/h3-6,8-9,12-15,30H,7,10-11H2,1-2H3/t14-,15+. The minimum Gasteiger partial charge on any atom is -0.506 e. The third-order valence-electron chi connectivity index (χ3n) is 5.56. The van der Waals surface area contributed by atoms with Crippen molar-refractivity contribution in [3.05, 3.63) is 49.1 Å². The summed E-state index contributed by atoms with van der Waals surface area (Å²) >= 11 is 0. The third-order valence-corrected chi connectivity index (χ3v) is 5.56. The van der Waals surface area contributed by atoms with Crippen LogP contribution in [0.4, 0.5) is 5.82 Å². The lowest BCUT2D eigenvalue weighted by molar-refractivity contribution is 0.355. The summed E-state index contributed by atoms with van der Waals surface area (Å²) in [6, 6.07) is 9.31. The molecule has 8 heteroatoms. The minimum absolute atomic E-state index is 0.0634. The van der Waals surface area contributed by atoms with Gasteiger partial charge in [0.15, 0.2) is 11.5 Å². The van der Waals surface area contributed by atoms with E-state index in [-0.39, 0.29) is 5.75 Å². The van der Waals surface area contributed by atoms with Crippen LogP contribution in [0.5, 0.6) is 5.75 Å². The first-order valence-electron chi connectivity index (χ1n) is 10.1. The van der Waals surface area contributed by atoms with Crippen molar-refractivity contribution in [2.45, 2.75) is 20.3 Å². The number of aromatic nitrogens is 6. The lowest BCUT2D eigenvalue weighted by Gasteiger charge is -2.35. The maximum atomic E-state index is 10.6. The Labute approximate surface area is 174 Å². The molecule has 0 aromatic carbocycles. The van der Waals surface area contributed by atoms with E-state index in [1.165, 1.54) is 12.7 Å². The number of fused-ring (bicyclic) bond motifs is 1. The van der Waals surface area contributed by atoms with Gasteiger partial charge in [-0.2, -0.15) is 5.10 Å². The second-order valence-electron chi connectivity index (χ2n) is 8.20. The summed E-state index contributed by atoms with van der Waals surface area (Å²) in [5.41, 5.74) is 3.40. The number of hydrogen-bond donors (Lipinski definition) is 1. The summed E-state index contributed by atoms with van der Waals surface area (Å²) in [7, 11) is 0. The Kier molecular flexibility index (Phi) is 4.54. The number of piperidine rings is 1. The van der Waals surface area contributed by atoms with Crippen LogP contribution in [0.2, 0.25) is 0 Å². The molecule has 5 rings (SSSR count). The molecule has 1 aliphatic heterocycles. The maximum Gasteiger partial charge on any atom is 0.155 e. The lowest BCUT2D eigenvalue weighted by Crippen LogP contribution is -2.39. The molecule has 1 N–H and O–H groups in total. The smallest absolute Gasteiger partial charge is 0.155 e. The molecule has 8 nitrogen and oxygen atoms in total. The molecule has 0 aliphatic carbocycles. The van der Waals surface area contributed by atoms with Gasteiger partial charge in [-0.05, 0) is 48.6 Å². The normalized spacial score (nSPS) is 19.3. The monoisotopic (exact) mass is 401 g/mol. The molecule has 0 amide bonds. The largest absolute Gasteiger partial charge is 0.506 e. The van der Waals surface area contributed by atoms with E-state index >= 15 is 0 Å². The molecule has 0 unspecified atom stereocenters. The van der Waals surface area contributed by atoms with E-state index in [9.17, 15) is 5.11 Å². The van der Waals surface area contributed by atoms with Crippen LogP contribution in [0.15, 0.2) is 49.1 Å². The molecular weight excluding hydrogens is 378 g/mol. The number of aromatic hydroxyl groups is 1. The van der Waals surface area contributed by atoms with E-state index in [0.717, 1.165) is 35.7 Å². The van der Waals surface area contributed by atoms with E-state index in [2.05, 4.69) is 44.0 Å². The summed E-state index contributed by atoms with van der Waals surface area (Å²) in [6.07, 6.45) is 6.33. The predicted molar refractivity (Wildman–Crippen MR) is 114 cm³/mol. The van der Waals surface area contributed by atoms with Crippen molar-refractivity contribution in [3.8, 4) is 28.3 Å². The Morgan fingerprint density at radius 3 is 2.53 bits per heavy atom. The highest BCUT2D eigenvalue weighted by Crippen LogP contribution is 2.31. The van der Waals surface area contributed by atoms with Crippen LogP contribution >= 0.6 is 0 Å². The van der Waals surface area contributed by atoms with Gasteiger partial charge < -0.3 is 10.0 Å². The van der Waals surface area contributed by atoms with Crippen molar-refractivity contribution < 1.29 is 5.11 Å². The quantitative estimate of drug-likeness (QED) is 0.562. The fraction of sp³-hybridized carbons (Fsp3) is 0.318. The van der Waals surface area contributed by atoms with Gasteiger partial charge in [0.1, 0.15) is 23.5 Å². The number of anilines is 1. The number of rotatable bonds is 3. The highest BCUT2D eigenvalue weighted by molar-refractivity contribution is 5.71. The van der Waals surface area contributed by atoms with Gasteiger partial charge in [0.2, 0.25) is 0 Å². The van der Waals surface area contributed by atoms with Gasteiger partial charge in [-0.3, -0.25) is 0 Å². The lowest BCUT2D eigenvalue weighted by atomic mass is 9.92. The summed E-state index contributed by atoms with van der Waals surface area (Å²) in [5.74, 6) is 2.22. The van der Waals surface area contributed by atoms with Gasteiger partial charge in [-0.1, -0.05) is 13.8 Å². The predicted octanol–water partition coefficient (Wildman–Crippen LogP) is 3.44. The van der Waals surface area contributed by atoms with Crippen molar-refractivity contribution in [2.24, 2.45) is 11.8 Å². The second-order valence-corrected chi connectivity index (χ2v) is 8.20. The van der Waals surface area contributed by atoms with Crippen LogP contribution in [0.3, 0.4) is 0 Å². The molecule has 1 fully saturated rings. The molecule has 0 saturated carbocycles. The summed E-state index contributed by atoms with van der Waals surface area (Å²) < 4.78 is 1.69. The van der Waals surface area contributed by atoms with Gasteiger partial charge in [0.05, 0.1) is 0 Å². The topological polar surface area (TPSA) is 92.3 Å². The second kappa shape index (κ2) is 7.37. The summed E-state index contributed by atoms with van der Waals surface area (Å²) in [6.45, 7) is 6.53. The maximum absolute atomic E-state index is 10.6. The van der Waals surface area contributed by atoms with E-state index in [1.54, 1.807) is 16.8 Å². The van der Waals surface area contributed by atoms with Gasteiger partial charge in [0.25, 0.3) is 0 Å². The molecule has 152 valence electrons. The van der Waals surface area contributed by atoms with Crippen molar-refractivity contribution >= 4 is 11.5 Å². The zero-order valence-electron chi connectivity index (χ0n) is 17.0. The molecule has 4 aromatic rings. The summed E-state index contributed by atoms with van der Waals surface area (Å²) in [5, 5.41) is 23.5. The minimum atomic E-state index is 0.0634. The zero-order chi connectivity index (χ0) is 20.7. The van der Waals surface area contributed by atoms with Crippen molar-refractivity contribution in [1.29, 1.82) is 0 Å². The molecule has 2 atom stereocenters. The van der Waals surface area contributed by atoms with E-state index < -0.39 is 0 Å². The van der Waals surface area contributed by atoms with Crippen LogP contribution in [-0.4, -0.2) is 48.0 Å². The van der Waals surface area contributed by atoms with Crippen molar-refractivity contribution in [3.63, 3.8) is 0 Å². The molecule has 30 heavy (non-hydrogen) atoms. The van der Waals surface area contributed by atoms with Crippen molar-refractivity contribution in [1.82, 2.24) is 29.8 Å². The SMILES string of the molecule is C[C@@H]1C[C@H](C)CN(c2ccc(-c3ncc(-c4ccc5ncnn5c4)cc3O)nn2)C1. The first-order valence-corrected chi connectivity index (χ1v) is 10.1. The first-order chi connectivity index (χ1) is 14.6.